The van der Waals surface area contributed by atoms with Crippen LogP contribution in [0, 0.1) is 0 Å². The third kappa shape index (κ3) is 5.14. The molecule has 0 spiro atoms. The van der Waals surface area contributed by atoms with Gasteiger partial charge < -0.3 is 10.1 Å². The zero-order valence-electron chi connectivity index (χ0n) is 13.2. The predicted octanol–water partition coefficient (Wildman–Crippen LogP) is 4.02. The number of rotatable bonds is 7. The fraction of sp³-hybridized carbons (Fsp3) is 0.222. The number of benzene rings is 2. The normalized spacial score (nSPS) is 10.2. The number of nitrogens with one attached hydrogen (secondary N) is 1. The molecule has 0 bridgehead atoms. The van der Waals surface area contributed by atoms with Gasteiger partial charge in [-0.05, 0) is 50.2 Å². The summed E-state index contributed by atoms with van der Waals surface area (Å²) in [6, 6.07) is 14.6. The molecule has 0 atom stereocenters. The molecule has 4 nitrogen and oxygen atoms in total. The van der Waals surface area contributed by atoms with Gasteiger partial charge in [0.2, 0.25) is 5.91 Å². The first-order valence-corrected chi connectivity index (χ1v) is 8.34. The van der Waals surface area contributed by atoms with E-state index in [1.54, 1.807) is 24.3 Å². The predicted molar refractivity (Wildman–Crippen MR) is 93.4 cm³/mol. The van der Waals surface area contributed by atoms with E-state index in [1.165, 1.54) is 18.7 Å². The second kappa shape index (κ2) is 8.39. The third-order valence-electron chi connectivity index (χ3n) is 3.09. The van der Waals surface area contributed by atoms with Gasteiger partial charge in [-0.1, -0.05) is 12.1 Å². The van der Waals surface area contributed by atoms with Gasteiger partial charge in [0.1, 0.15) is 5.75 Å². The number of Topliss-reactive ketones (excluding diaryl/α,β-unsaturated/α-hetero) is 1. The number of carbonyl (C=O) groups is 2. The lowest BCUT2D eigenvalue weighted by atomic mass is 10.1. The highest BCUT2D eigenvalue weighted by Gasteiger charge is 2.10. The molecule has 0 heterocycles. The monoisotopic (exact) mass is 329 g/mol. The SMILES string of the molecule is CCOc1ccc(SCC(=O)Nc2ccccc2C(C)=O)cc1. The number of ether oxygens (including phenoxy) is 1. The Labute approximate surface area is 140 Å². The van der Waals surface area contributed by atoms with E-state index in [-0.39, 0.29) is 17.4 Å². The average Bonchev–Trinajstić information content (AvgIpc) is 2.55. The van der Waals surface area contributed by atoms with E-state index >= 15 is 0 Å². The summed E-state index contributed by atoms with van der Waals surface area (Å²) in [4.78, 5) is 24.6. The first kappa shape index (κ1) is 17.1. The van der Waals surface area contributed by atoms with E-state index in [1.807, 2.05) is 31.2 Å². The van der Waals surface area contributed by atoms with Crippen molar-refractivity contribution in [2.75, 3.05) is 17.7 Å². The molecule has 2 aromatic carbocycles. The fourth-order valence-corrected chi connectivity index (χ4v) is 2.73. The van der Waals surface area contributed by atoms with Gasteiger partial charge in [0, 0.05) is 10.5 Å². The summed E-state index contributed by atoms with van der Waals surface area (Å²) >= 11 is 1.44. The van der Waals surface area contributed by atoms with E-state index in [0.29, 0.717) is 17.9 Å². The fourth-order valence-electron chi connectivity index (χ4n) is 2.03. The minimum Gasteiger partial charge on any atom is -0.494 e. The highest BCUT2D eigenvalue weighted by molar-refractivity contribution is 8.00. The molecular weight excluding hydrogens is 310 g/mol. The van der Waals surface area contributed by atoms with Crippen LogP contribution in [0.3, 0.4) is 0 Å². The maximum atomic E-state index is 12.1. The van der Waals surface area contributed by atoms with E-state index in [2.05, 4.69) is 5.32 Å². The number of para-hydroxylation sites is 1. The van der Waals surface area contributed by atoms with Gasteiger partial charge >= 0.3 is 0 Å². The lowest BCUT2D eigenvalue weighted by molar-refractivity contribution is -0.113. The van der Waals surface area contributed by atoms with Gasteiger partial charge in [-0.3, -0.25) is 9.59 Å². The lowest BCUT2D eigenvalue weighted by Gasteiger charge is -2.09. The zero-order chi connectivity index (χ0) is 16.7. The van der Waals surface area contributed by atoms with Gasteiger partial charge in [-0.25, -0.2) is 0 Å². The third-order valence-corrected chi connectivity index (χ3v) is 4.10. The van der Waals surface area contributed by atoms with Crippen molar-refractivity contribution < 1.29 is 14.3 Å². The summed E-state index contributed by atoms with van der Waals surface area (Å²) in [6.07, 6.45) is 0. The summed E-state index contributed by atoms with van der Waals surface area (Å²) in [5.74, 6) is 0.884. The molecule has 5 heteroatoms. The Kier molecular flexibility index (Phi) is 6.23. The number of anilines is 1. The van der Waals surface area contributed by atoms with Gasteiger partial charge in [0.05, 0.1) is 18.0 Å². The van der Waals surface area contributed by atoms with Crippen molar-refractivity contribution >= 4 is 29.1 Å². The van der Waals surface area contributed by atoms with Crippen LogP contribution in [-0.2, 0) is 4.79 Å². The Morgan fingerprint density at radius 2 is 1.78 bits per heavy atom. The smallest absolute Gasteiger partial charge is 0.234 e. The topological polar surface area (TPSA) is 55.4 Å². The number of hydrogen-bond donors (Lipinski definition) is 1. The van der Waals surface area contributed by atoms with Gasteiger partial charge in [0.15, 0.2) is 5.78 Å². The first-order chi connectivity index (χ1) is 11.1. The molecule has 2 aromatic rings. The van der Waals surface area contributed by atoms with Crippen molar-refractivity contribution in [1.82, 2.24) is 0 Å². The van der Waals surface area contributed by atoms with Crippen molar-refractivity contribution in [2.45, 2.75) is 18.7 Å². The van der Waals surface area contributed by atoms with Crippen LogP contribution in [0.2, 0.25) is 0 Å². The van der Waals surface area contributed by atoms with Crippen LogP contribution >= 0.6 is 11.8 Å². The molecule has 120 valence electrons. The Morgan fingerprint density at radius 3 is 2.43 bits per heavy atom. The molecule has 1 N–H and O–H groups in total. The van der Waals surface area contributed by atoms with Gasteiger partial charge in [0.25, 0.3) is 0 Å². The van der Waals surface area contributed by atoms with Crippen LogP contribution in [-0.4, -0.2) is 24.1 Å². The Bertz CT molecular complexity index is 683. The zero-order valence-corrected chi connectivity index (χ0v) is 14.0. The number of ketones is 1. The minimum absolute atomic E-state index is 0.0694. The van der Waals surface area contributed by atoms with E-state index in [4.69, 9.17) is 4.74 Å². The van der Waals surface area contributed by atoms with Gasteiger partial charge in [-0.15, -0.1) is 11.8 Å². The van der Waals surface area contributed by atoms with Gasteiger partial charge in [-0.2, -0.15) is 0 Å². The van der Waals surface area contributed by atoms with Crippen LogP contribution in [0.15, 0.2) is 53.4 Å². The maximum Gasteiger partial charge on any atom is 0.234 e. The highest BCUT2D eigenvalue weighted by atomic mass is 32.2. The quantitative estimate of drug-likeness (QED) is 0.616. The Balaban J connectivity index is 1.91. The number of carbonyl (C=O) groups excluding carboxylic acids is 2. The lowest BCUT2D eigenvalue weighted by Crippen LogP contribution is -2.16. The summed E-state index contributed by atoms with van der Waals surface area (Å²) in [5.41, 5.74) is 1.07. The number of thioether (sulfide) groups is 1. The highest BCUT2D eigenvalue weighted by Crippen LogP contribution is 2.22. The summed E-state index contributed by atoms with van der Waals surface area (Å²) in [5, 5.41) is 2.79. The average molecular weight is 329 g/mol. The molecular formula is C18H19NO3S. The van der Waals surface area contributed by atoms with Crippen LogP contribution in [0.5, 0.6) is 5.75 Å². The van der Waals surface area contributed by atoms with E-state index in [9.17, 15) is 9.59 Å². The molecule has 0 unspecified atom stereocenters. The molecule has 0 aromatic heterocycles. The summed E-state index contributed by atoms with van der Waals surface area (Å²) < 4.78 is 5.38. The minimum atomic E-state index is -0.141. The first-order valence-electron chi connectivity index (χ1n) is 7.35. The molecule has 0 aliphatic carbocycles. The van der Waals surface area contributed by atoms with E-state index in [0.717, 1.165) is 10.6 Å². The second-order valence-electron chi connectivity index (χ2n) is 4.84. The molecule has 0 aliphatic rings. The number of amides is 1. The summed E-state index contributed by atoms with van der Waals surface area (Å²) in [7, 11) is 0. The van der Waals surface area contributed by atoms with Crippen LogP contribution in [0.1, 0.15) is 24.2 Å². The molecule has 0 radical (unpaired) electrons. The second-order valence-corrected chi connectivity index (χ2v) is 5.89. The van der Waals surface area contributed by atoms with Crippen molar-refractivity contribution in [1.29, 1.82) is 0 Å². The molecule has 1 amide bonds. The van der Waals surface area contributed by atoms with Crippen molar-refractivity contribution in [3.05, 3.63) is 54.1 Å². The molecule has 2 rings (SSSR count). The molecule has 0 aliphatic heterocycles. The maximum absolute atomic E-state index is 12.1. The van der Waals surface area contributed by atoms with Crippen LogP contribution in [0.4, 0.5) is 5.69 Å². The van der Waals surface area contributed by atoms with Crippen LogP contribution in [0.25, 0.3) is 0 Å². The largest absolute Gasteiger partial charge is 0.494 e. The Morgan fingerprint density at radius 1 is 1.09 bits per heavy atom. The van der Waals surface area contributed by atoms with E-state index < -0.39 is 0 Å². The standard InChI is InChI=1S/C18H19NO3S/c1-3-22-14-8-10-15(11-9-14)23-12-18(21)19-17-7-5-4-6-16(17)13(2)20/h4-11H,3,12H2,1-2H3,(H,19,21). The number of hydrogen-bond acceptors (Lipinski definition) is 4. The van der Waals surface area contributed by atoms with Crippen molar-refractivity contribution in [3.8, 4) is 5.75 Å². The van der Waals surface area contributed by atoms with Crippen LogP contribution < -0.4 is 10.1 Å². The van der Waals surface area contributed by atoms with Crippen molar-refractivity contribution in [3.63, 3.8) is 0 Å². The molecule has 0 fully saturated rings. The molecule has 0 saturated carbocycles. The van der Waals surface area contributed by atoms with Crippen molar-refractivity contribution in [2.24, 2.45) is 0 Å². The summed E-state index contributed by atoms with van der Waals surface area (Å²) in [6.45, 7) is 4.05. The Hall–Kier alpha value is -2.27. The molecule has 0 saturated heterocycles. The molecule has 23 heavy (non-hydrogen) atoms.